The van der Waals surface area contributed by atoms with Crippen LogP contribution in [0.5, 0.6) is 0 Å². The molecule has 0 saturated carbocycles. The number of guanidine groups is 1. The van der Waals surface area contributed by atoms with Gasteiger partial charge >= 0.3 is 5.97 Å². The van der Waals surface area contributed by atoms with Crippen molar-refractivity contribution in [2.24, 2.45) is 28.1 Å². The van der Waals surface area contributed by atoms with Gasteiger partial charge in [-0.3, -0.25) is 24.2 Å². The number of carbonyl (C=O) groups excluding carboxylic acids is 3. The third-order valence-corrected chi connectivity index (χ3v) is 6.24. The van der Waals surface area contributed by atoms with Gasteiger partial charge in [-0.05, 0) is 36.8 Å². The van der Waals surface area contributed by atoms with Gasteiger partial charge < -0.3 is 43.2 Å². The fraction of sp³-hybridized carbons (Fsp3) is 0.480. The molecule has 0 spiro atoms. The number of rotatable bonds is 15. The van der Waals surface area contributed by atoms with Gasteiger partial charge in [-0.2, -0.15) is 0 Å². The van der Waals surface area contributed by atoms with E-state index in [0.29, 0.717) is 12.8 Å². The number of carboxylic acids is 1. The van der Waals surface area contributed by atoms with E-state index >= 15 is 0 Å². The number of nitrogens with zero attached hydrogens (tertiary/aromatic N) is 1. The highest BCUT2D eigenvalue weighted by atomic mass is 16.4. The summed E-state index contributed by atoms with van der Waals surface area (Å²) in [6, 6.07) is 4.68. The second-order valence-corrected chi connectivity index (χ2v) is 9.16. The van der Waals surface area contributed by atoms with E-state index in [2.05, 4.69) is 25.9 Å². The maximum atomic E-state index is 13.2. The third kappa shape index (κ3) is 9.07. The summed E-state index contributed by atoms with van der Waals surface area (Å²) in [6.45, 7) is 3.25. The number of aromatic amines is 1. The van der Waals surface area contributed by atoms with Crippen molar-refractivity contribution in [1.29, 1.82) is 0 Å². The number of fused-ring (bicyclic) bond motifs is 1. The zero-order chi connectivity index (χ0) is 28.2. The molecule has 13 heteroatoms. The first kappa shape index (κ1) is 30.1. The number of aromatic nitrogens is 1. The van der Waals surface area contributed by atoms with E-state index in [-0.39, 0.29) is 31.3 Å². The number of hydrogen-bond acceptors (Lipinski definition) is 6. The Kier molecular flexibility index (Phi) is 11.5. The Bertz CT molecular complexity index is 1140. The highest BCUT2D eigenvalue weighted by Crippen LogP contribution is 2.19. The van der Waals surface area contributed by atoms with E-state index < -0.39 is 48.4 Å². The minimum absolute atomic E-state index is 0.0947. The van der Waals surface area contributed by atoms with E-state index in [1.165, 1.54) is 0 Å². The van der Waals surface area contributed by atoms with Crippen molar-refractivity contribution in [3.05, 3.63) is 36.0 Å². The van der Waals surface area contributed by atoms with E-state index in [9.17, 15) is 19.2 Å². The number of aliphatic carboxylic acids is 1. The fourth-order valence-corrected chi connectivity index (χ4v) is 3.91. The monoisotopic (exact) mass is 530 g/mol. The highest BCUT2D eigenvalue weighted by Gasteiger charge is 2.30. The molecule has 0 fully saturated rings. The second kappa shape index (κ2) is 14.6. The molecular formula is C25H38N8O5. The average Bonchev–Trinajstić information content (AvgIpc) is 3.29. The molecule has 0 aliphatic rings. The number of carboxylic acid groups (broad SMARTS) is 1. The number of para-hydroxylation sites is 1. The molecule has 1 heterocycles. The maximum absolute atomic E-state index is 13.2. The zero-order valence-corrected chi connectivity index (χ0v) is 21.7. The van der Waals surface area contributed by atoms with Crippen LogP contribution in [0.3, 0.4) is 0 Å². The molecule has 2 aromatic rings. The Morgan fingerprint density at radius 1 is 1.08 bits per heavy atom. The van der Waals surface area contributed by atoms with Gasteiger partial charge in [-0.25, -0.2) is 0 Å². The molecule has 0 bridgehead atoms. The van der Waals surface area contributed by atoms with Crippen molar-refractivity contribution in [2.45, 2.75) is 57.7 Å². The maximum Gasteiger partial charge on any atom is 0.322 e. The summed E-state index contributed by atoms with van der Waals surface area (Å²) in [4.78, 5) is 56.8. The number of hydrogen-bond donors (Lipinski definition) is 8. The van der Waals surface area contributed by atoms with Gasteiger partial charge in [0.05, 0.1) is 6.04 Å². The normalized spacial score (nSPS) is 14.1. The lowest BCUT2D eigenvalue weighted by Gasteiger charge is -2.27. The molecule has 1 aromatic carbocycles. The smallest absolute Gasteiger partial charge is 0.322 e. The Hall–Kier alpha value is -4.13. The van der Waals surface area contributed by atoms with E-state index in [1.54, 1.807) is 13.1 Å². The molecule has 1 aromatic heterocycles. The molecule has 4 atom stereocenters. The van der Waals surface area contributed by atoms with Crippen LogP contribution in [0.1, 0.15) is 38.7 Å². The standard InChI is InChI=1S/C25H38N8O5/c1-3-14(2)21(24(38)31-13-20(34)35)33-23(37)19(9-6-10-29-25(27)28)32-22(36)17(26)11-15-12-30-18-8-5-4-7-16(15)18/h4-5,7-8,12,14,17,19,21,30H,3,6,9-11,13,26H2,1-2H3,(H,31,38)(H,32,36)(H,33,37)(H,34,35)(H4,27,28,29). The number of benzene rings is 1. The van der Waals surface area contributed by atoms with Crippen molar-refractivity contribution < 1.29 is 24.3 Å². The number of amides is 3. The summed E-state index contributed by atoms with van der Waals surface area (Å²) in [7, 11) is 0. The van der Waals surface area contributed by atoms with Crippen LogP contribution >= 0.6 is 0 Å². The Labute approximate surface area is 221 Å². The summed E-state index contributed by atoms with van der Waals surface area (Å²) in [5.74, 6) is -3.36. The van der Waals surface area contributed by atoms with Crippen LogP contribution in [0.15, 0.2) is 35.5 Å². The van der Waals surface area contributed by atoms with Crippen molar-refractivity contribution in [3.63, 3.8) is 0 Å². The van der Waals surface area contributed by atoms with Crippen molar-refractivity contribution in [3.8, 4) is 0 Å². The summed E-state index contributed by atoms with van der Waals surface area (Å²) >= 11 is 0. The van der Waals surface area contributed by atoms with Crippen LogP contribution in [0.2, 0.25) is 0 Å². The number of H-pyrrole nitrogens is 1. The largest absolute Gasteiger partial charge is 0.480 e. The molecule has 0 radical (unpaired) electrons. The van der Waals surface area contributed by atoms with Gasteiger partial charge in [0.25, 0.3) is 0 Å². The van der Waals surface area contributed by atoms with E-state index in [0.717, 1.165) is 16.5 Å². The minimum atomic E-state index is -1.21. The summed E-state index contributed by atoms with van der Waals surface area (Å²) in [5.41, 5.74) is 18.7. The lowest BCUT2D eigenvalue weighted by Crippen LogP contribution is -2.57. The topological polar surface area (TPSA) is 231 Å². The lowest BCUT2D eigenvalue weighted by atomic mass is 9.97. The number of carbonyl (C=O) groups is 4. The summed E-state index contributed by atoms with van der Waals surface area (Å²) in [6.07, 6.45) is 3.13. The molecule has 4 unspecified atom stereocenters. The third-order valence-electron chi connectivity index (χ3n) is 6.24. The first-order valence-electron chi connectivity index (χ1n) is 12.5. The van der Waals surface area contributed by atoms with Gasteiger partial charge in [0, 0.05) is 23.6 Å². The second-order valence-electron chi connectivity index (χ2n) is 9.16. The predicted molar refractivity (Wildman–Crippen MR) is 144 cm³/mol. The molecule has 2 rings (SSSR count). The first-order chi connectivity index (χ1) is 18.0. The molecule has 0 aliphatic carbocycles. The molecule has 0 aliphatic heterocycles. The van der Waals surface area contributed by atoms with Gasteiger partial charge in [-0.1, -0.05) is 38.5 Å². The van der Waals surface area contributed by atoms with Gasteiger partial charge in [-0.15, -0.1) is 0 Å². The number of nitrogens with one attached hydrogen (secondary N) is 4. The van der Waals surface area contributed by atoms with Crippen LogP contribution in [-0.2, 0) is 25.6 Å². The Balaban J connectivity index is 2.14. The highest BCUT2D eigenvalue weighted by molar-refractivity contribution is 5.94. The quantitative estimate of drug-likeness (QED) is 0.0832. The van der Waals surface area contributed by atoms with Crippen molar-refractivity contribution >= 4 is 40.6 Å². The lowest BCUT2D eigenvalue weighted by molar-refractivity contribution is -0.139. The fourth-order valence-electron chi connectivity index (χ4n) is 3.91. The van der Waals surface area contributed by atoms with Crippen molar-refractivity contribution in [2.75, 3.05) is 13.1 Å². The van der Waals surface area contributed by atoms with Crippen molar-refractivity contribution in [1.82, 2.24) is 20.9 Å². The van der Waals surface area contributed by atoms with Gasteiger partial charge in [0.1, 0.15) is 18.6 Å². The molecule has 11 N–H and O–H groups in total. The number of aliphatic imine (C=N–C) groups is 1. The molecule has 38 heavy (non-hydrogen) atoms. The molecule has 3 amide bonds. The average molecular weight is 531 g/mol. The first-order valence-corrected chi connectivity index (χ1v) is 12.5. The molecule has 0 saturated heterocycles. The van der Waals surface area contributed by atoms with Crippen LogP contribution in [-0.4, -0.2) is 71.0 Å². The Morgan fingerprint density at radius 2 is 1.79 bits per heavy atom. The summed E-state index contributed by atoms with van der Waals surface area (Å²) < 4.78 is 0. The molecular weight excluding hydrogens is 492 g/mol. The predicted octanol–water partition coefficient (Wildman–Crippen LogP) is -0.692. The Morgan fingerprint density at radius 3 is 2.45 bits per heavy atom. The SMILES string of the molecule is CCC(C)C(NC(=O)C(CCCN=C(N)N)NC(=O)C(N)Cc1c[nH]c2ccccc12)C(=O)NCC(=O)O. The van der Waals surface area contributed by atoms with E-state index in [4.69, 9.17) is 22.3 Å². The van der Waals surface area contributed by atoms with Crippen LogP contribution in [0, 0.1) is 5.92 Å². The van der Waals surface area contributed by atoms with Crippen LogP contribution in [0.25, 0.3) is 10.9 Å². The van der Waals surface area contributed by atoms with Gasteiger partial charge in [0.2, 0.25) is 17.7 Å². The van der Waals surface area contributed by atoms with Crippen LogP contribution in [0.4, 0.5) is 0 Å². The zero-order valence-electron chi connectivity index (χ0n) is 21.7. The number of nitrogens with two attached hydrogens (primary N) is 3. The minimum Gasteiger partial charge on any atom is -0.480 e. The van der Waals surface area contributed by atoms with Crippen LogP contribution < -0.4 is 33.2 Å². The van der Waals surface area contributed by atoms with E-state index in [1.807, 2.05) is 31.2 Å². The van der Waals surface area contributed by atoms with Gasteiger partial charge in [0.15, 0.2) is 5.96 Å². The molecule has 13 nitrogen and oxygen atoms in total. The summed E-state index contributed by atoms with van der Waals surface area (Å²) in [5, 5.41) is 17.5. The molecule has 208 valence electrons.